The number of carbonyl (C=O) groups is 1. The first-order chi connectivity index (χ1) is 11.8. The van der Waals surface area contributed by atoms with Gasteiger partial charge in [-0.3, -0.25) is 4.79 Å². The van der Waals surface area contributed by atoms with Gasteiger partial charge >= 0.3 is 0 Å². The molecule has 2 heterocycles. The molecule has 120 valence electrons. The zero-order valence-corrected chi connectivity index (χ0v) is 14.0. The number of fused-ring (bicyclic) bond motifs is 1. The predicted molar refractivity (Wildman–Crippen MR) is 95.6 cm³/mol. The van der Waals surface area contributed by atoms with Gasteiger partial charge in [0.05, 0.1) is 17.7 Å². The Labute approximate surface area is 144 Å². The van der Waals surface area contributed by atoms with E-state index in [1.54, 1.807) is 7.11 Å². The number of hydrogen-bond donors (Lipinski definition) is 1. The van der Waals surface area contributed by atoms with Gasteiger partial charge in [0.25, 0.3) is 0 Å². The Bertz CT molecular complexity index is 889. The van der Waals surface area contributed by atoms with Crippen LogP contribution in [0.2, 0.25) is 0 Å². The molecule has 0 bridgehead atoms. The van der Waals surface area contributed by atoms with Gasteiger partial charge in [0.1, 0.15) is 11.4 Å². The van der Waals surface area contributed by atoms with Crippen LogP contribution in [0, 0.1) is 0 Å². The maximum absolute atomic E-state index is 12.3. The van der Waals surface area contributed by atoms with Crippen LogP contribution in [0.25, 0.3) is 11.3 Å². The van der Waals surface area contributed by atoms with Crippen molar-refractivity contribution in [3.63, 3.8) is 0 Å². The van der Waals surface area contributed by atoms with Crippen LogP contribution in [0.4, 0.5) is 5.69 Å². The average molecular weight is 336 g/mol. The highest BCUT2D eigenvalue weighted by Crippen LogP contribution is 2.46. The van der Waals surface area contributed by atoms with Gasteiger partial charge in [-0.1, -0.05) is 48.5 Å². The molecule has 1 aliphatic rings. The van der Waals surface area contributed by atoms with Crippen LogP contribution < -0.4 is 10.1 Å². The summed E-state index contributed by atoms with van der Waals surface area (Å²) < 4.78 is 10.1. The monoisotopic (exact) mass is 336 g/mol. The fourth-order valence-electron chi connectivity index (χ4n) is 3.13. The fraction of sp³-hybridized carbons (Fsp3) is 0.158. The molecule has 0 aliphatic carbocycles. The van der Waals surface area contributed by atoms with Gasteiger partial charge < -0.3 is 10.1 Å². The molecule has 1 N–H and O–H groups in total. The van der Waals surface area contributed by atoms with Crippen molar-refractivity contribution in [3.05, 3.63) is 65.0 Å². The number of aromatic nitrogens is 1. The third-order valence-electron chi connectivity index (χ3n) is 4.25. The predicted octanol–water partition coefficient (Wildman–Crippen LogP) is 4.29. The average Bonchev–Trinajstić information content (AvgIpc) is 3.05. The van der Waals surface area contributed by atoms with E-state index < -0.39 is 0 Å². The van der Waals surface area contributed by atoms with Gasteiger partial charge in [-0.25, -0.2) is 0 Å². The minimum atomic E-state index is -0.0279. The molecule has 0 unspecified atom stereocenters. The molecule has 0 radical (unpaired) electrons. The Morgan fingerprint density at radius 1 is 1.12 bits per heavy atom. The number of carbonyl (C=O) groups excluding carboxylic acids is 1. The number of hydrogen-bond acceptors (Lipinski definition) is 4. The van der Waals surface area contributed by atoms with Crippen LogP contribution in [0.1, 0.15) is 22.8 Å². The summed E-state index contributed by atoms with van der Waals surface area (Å²) in [5.41, 5.74) is 3.71. The fourth-order valence-corrected chi connectivity index (χ4v) is 4.09. The van der Waals surface area contributed by atoms with Crippen molar-refractivity contribution in [3.8, 4) is 17.0 Å². The maximum Gasteiger partial charge on any atom is 0.225 e. The Balaban J connectivity index is 1.84. The number of methoxy groups -OCH3 is 1. The second-order valence-corrected chi connectivity index (χ2v) is 6.49. The summed E-state index contributed by atoms with van der Waals surface area (Å²) in [5.74, 6) is 0.786. The van der Waals surface area contributed by atoms with Crippen LogP contribution in [0.15, 0.2) is 54.6 Å². The largest absolute Gasteiger partial charge is 0.496 e. The molecular weight excluding hydrogens is 320 g/mol. The van der Waals surface area contributed by atoms with E-state index in [2.05, 4.69) is 9.69 Å². The zero-order chi connectivity index (χ0) is 16.5. The van der Waals surface area contributed by atoms with Crippen LogP contribution >= 0.6 is 11.5 Å². The highest BCUT2D eigenvalue weighted by Gasteiger charge is 2.32. The summed E-state index contributed by atoms with van der Waals surface area (Å²) in [6.45, 7) is 0. The van der Waals surface area contributed by atoms with Crippen molar-refractivity contribution in [1.29, 1.82) is 0 Å². The van der Waals surface area contributed by atoms with E-state index in [0.29, 0.717) is 6.42 Å². The molecular formula is C19H16N2O2S. The number of rotatable bonds is 3. The van der Waals surface area contributed by atoms with Crippen molar-refractivity contribution in [1.82, 2.24) is 4.37 Å². The van der Waals surface area contributed by atoms with E-state index in [4.69, 9.17) is 4.74 Å². The molecule has 1 aromatic heterocycles. The van der Waals surface area contributed by atoms with Crippen molar-refractivity contribution in [2.45, 2.75) is 12.3 Å². The van der Waals surface area contributed by atoms with Gasteiger partial charge in [0, 0.05) is 23.5 Å². The SMILES string of the molecule is COc1ccccc1[C@@H]1CC(=O)Nc2c(-c3ccccc3)nsc21. The first-order valence-electron chi connectivity index (χ1n) is 7.75. The molecule has 1 atom stereocenters. The van der Waals surface area contributed by atoms with Crippen LogP contribution in [0.5, 0.6) is 5.75 Å². The van der Waals surface area contributed by atoms with Crippen molar-refractivity contribution in [2.24, 2.45) is 0 Å². The minimum absolute atomic E-state index is 0.00999. The summed E-state index contributed by atoms with van der Waals surface area (Å²) in [4.78, 5) is 13.4. The van der Waals surface area contributed by atoms with Crippen LogP contribution in [-0.2, 0) is 4.79 Å². The van der Waals surface area contributed by atoms with Gasteiger partial charge in [-0.15, -0.1) is 0 Å². The lowest BCUT2D eigenvalue weighted by Crippen LogP contribution is -2.22. The summed E-state index contributed by atoms with van der Waals surface area (Å²) in [5, 5.41) is 3.01. The molecule has 1 aliphatic heterocycles. The highest BCUT2D eigenvalue weighted by molar-refractivity contribution is 7.07. The number of nitrogens with one attached hydrogen (secondary N) is 1. The van der Waals surface area contributed by atoms with E-state index in [-0.39, 0.29) is 11.8 Å². The van der Waals surface area contributed by atoms with E-state index in [1.165, 1.54) is 11.5 Å². The minimum Gasteiger partial charge on any atom is -0.496 e. The number of para-hydroxylation sites is 1. The number of amides is 1. The Kier molecular flexibility index (Phi) is 3.78. The van der Waals surface area contributed by atoms with Crippen LogP contribution in [-0.4, -0.2) is 17.4 Å². The van der Waals surface area contributed by atoms with E-state index >= 15 is 0 Å². The smallest absolute Gasteiger partial charge is 0.225 e. The van der Waals surface area contributed by atoms with Gasteiger partial charge in [-0.05, 0) is 17.6 Å². The maximum atomic E-state index is 12.3. The molecule has 0 saturated carbocycles. The molecule has 1 amide bonds. The molecule has 3 aromatic rings. The molecule has 24 heavy (non-hydrogen) atoms. The lowest BCUT2D eigenvalue weighted by Gasteiger charge is -2.24. The molecule has 4 rings (SSSR count). The Morgan fingerprint density at radius 2 is 1.88 bits per heavy atom. The first kappa shape index (κ1) is 14.9. The van der Waals surface area contributed by atoms with Crippen molar-refractivity contribution in [2.75, 3.05) is 12.4 Å². The molecule has 4 nitrogen and oxygen atoms in total. The van der Waals surface area contributed by atoms with Gasteiger partial charge in [0.2, 0.25) is 5.91 Å². The van der Waals surface area contributed by atoms with Crippen molar-refractivity contribution >= 4 is 23.1 Å². The number of anilines is 1. The number of benzene rings is 2. The van der Waals surface area contributed by atoms with E-state index in [1.807, 2.05) is 54.6 Å². The standard InChI is InChI=1S/C19H16N2O2S/c1-23-15-10-6-5-9-13(15)14-11-16(22)20-18-17(21-24-19(14)18)12-7-3-2-4-8-12/h2-10,14H,11H2,1H3,(H,20,22)/t14-/m0/s1. The van der Waals surface area contributed by atoms with Crippen LogP contribution in [0.3, 0.4) is 0 Å². The van der Waals surface area contributed by atoms with E-state index in [0.717, 1.165) is 33.1 Å². The quantitative estimate of drug-likeness (QED) is 0.776. The summed E-state index contributed by atoms with van der Waals surface area (Å²) >= 11 is 1.45. The Morgan fingerprint density at radius 3 is 2.67 bits per heavy atom. The number of nitrogens with zero attached hydrogens (tertiary/aromatic N) is 1. The highest BCUT2D eigenvalue weighted by atomic mass is 32.1. The third-order valence-corrected chi connectivity index (χ3v) is 5.21. The van der Waals surface area contributed by atoms with Gasteiger partial charge in [-0.2, -0.15) is 4.37 Å². The van der Waals surface area contributed by atoms with E-state index in [9.17, 15) is 4.79 Å². The Hall–Kier alpha value is -2.66. The molecule has 0 spiro atoms. The lowest BCUT2D eigenvalue weighted by molar-refractivity contribution is -0.116. The number of ether oxygens (including phenoxy) is 1. The normalized spacial score (nSPS) is 16.4. The molecule has 0 fully saturated rings. The van der Waals surface area contributed by atoms with Crippen molar-refractivity contribution < 1.29 is 9.53 Å². The summed E-state index contributed by atoms with van der Waals surface area (Å²) in [6, 6.07) is 17.8. The summed E-state index contributed by atoms with van der Waals surface area (Å²) in [6.07, 6.45) is 0.407. The molecule has 5 heteroatoms. The van der Waals surface area contributed by atoms with Gasteiger partial charge in [0.15, 0.2) is 0 Å². The third kappa shape index (κ3) is 2.47. The second kappa shape index (κ2) is 6.09. The topological polar surface area (TPSA) is 51.2 Å². The second-order valence-electron chi connectivity index (χ2n) is 5.68. The lowest BCUT2D eigenvalue weighted by atomic mass is 9.89. The first-order valence-corrected chi connectivity index (χ1v) is 8.53. The summed E-state index contributed by atoms with van der Waals surface area (Å²) in [7, 11) is 1.66. The molecule has 2 aromatic carbocycles. The zero-order valence-electron chi connectivity index (χ0n) is 13.2. The molecule has 0 saturated heterocycles.